The third-order valence-electron chi connectivity index (χ3n) is 3.88. The summed E-state index contributed by atoms with van der Waals surface area (Å²) in [6, 6.07) is 7.71. The number of benzene rings is 1. The second-order valence-corrected chi connectivity index (χ2v) is 5.27. The summed E-state index contributed by atoms with van der Waals surface area (Å²) < 4.78 is 5.76. The Kier molecular flexibility index (Phi) is 3.07. The van der Waals surface area contributed by atoms with Crippen LogP contribution in [-0.2, 0) is 4.74 Å². The number of rotatable bonds is 2. The number of nitrogens with zero attached hydrogens (tertiary/aromatic N) is 1. The largest absolute Gasteiger partial charge is 0.367 e. The number of carbonyl (C=O) groups is 1. The number of ether oxygens (including phenoxy) is 1. The van der Waals surface area contributed by atoms with E-state index in [0.29, 0.717) is 6.61 Å². The Morgan fingerprint density at radius 1 is 1.32 bits per heavy atom. The fourth-order valence-corrected chi connectivity index (χ4v) is 2.71. The van der Waals surface area contributed by atoms with Crippen LogP contribution in [0.3, 0.4) is 0 Å². The van der Waals surface area contributed by atoms with E-state index in [-0.39, 0.29) is 5.78 Å². The minimum atomic E-state index is -0.678. The average molecular weight is 255 g/mol. The summed E-state index contributed by atoms with van der Waals surface area (Å²) in [5.41, 5.74) is 0.0394. The molecule has 1 saturated heterocycles. The molecule has 1 aromatic carbocycles. The van der Waals surface area contributed by atoms with Crippen LogP contribution in [-0.4, -0.2) is 23.0 Å². The van der Waals surface area contributed by atoms with E-state index < -0.39 is 5.60 Å². The van der Waals surface area contributed by atoms with Crippen LogP contribution >= 0.6 is 0 Å². The third-order valence-corrected chi connectivity index (χ3v) is 3.88. The molecule has 1 aromatic heterocycles. The lowest BCUT2D eigenvalue weighted by Gasteiger charge is -2.32. The van der Waals surface area contributed by atoms with Gasteiger partial charge in [0, 0.05) is 30.0 Å². The van der Waals surface area contributed by atoms with Crippen LogP contribution in [0, 0.1) is 0 Å². The topological polar surface area (TPSA) is 39.2 Å². The van der Waals surface area contributed by atoms with Crippen LogP contribution in [0.5, 0.6) is 0 Å². The van der Waals surface area contributed by atoms with Gasteiger partial charge < -0.3 is 4.74 Å². The Morgan fingerprint density at radius 2 is 2.21 bits per heavy atom. The van der Waals surface area contributed by atoms with Gasteiger partial charge in [0.25, 0.3) is 0 Å². The molecule has 0 aliphatic carbocycles. The summed E-state index contributed by atoms with van der Waals surface area (Å²) >= 11 is 0. The zero-order valence-electron chi connectivity index (χ0n) is 11.1. The SMILES string of the molecule is CC1(C(=O)c2cccc3ccncc23)CCCCO1. The first-order chi connectivity index (χ1) is 9.21. The molecule has 1 atom stereocenters. The molecule has 0 radical (unpaired) electrons. The maximum absolute atomic E-state index is 12.8. The molecule has 1 fully saturated rings. The van der Waals surface area contributed by atoms with Gasteiger partial charge in [0.1, 0.15) is 5.60 Å². The van der Waals surface area contributed by atoms with Crippen LogP contribution in [0.2, 0.25) is 0 Å². The fraction of sp³-hybridized carbons (Fsp3) is 0.375. The minimum absolute atomic E-state index is 0.0748. The highest BCUT2D eigenvalue weighted by Gasteiger charge is 2.37. The summed E-state index contributed by atoms with van der Waals surface area (Å²) in [5.74, 6) is 0.0748. The number of fused-ring (bicyclic) bond motifs is 1. The van der Waals surface area contributed by atoms with E-state index in [1.807, 2.05) is 31.2 Å². The molecule has 3 rings (SSSR count). The fourth-order valence-electron chi connectivity index (χ4n) is 2.71. The summed E-state index contributed by atoms with van der Waals surface area (Å²) in [7, 11) is 0. The molecule has 1 aliphatic heterocycles. The first-order valence-corrected chi connectivity index (χ1v) is 6.72. The molecule has 0 spiro atoms. The molecule has 2 aromatic rings. The van der Waals surface area contributed by atoms with Gasteiger partial charge in [0.05, 0.1) is 0 Å². The van der Waals surface area contributed by atoms with E-state index in [0.717, 1.165) is 35.6 Å². The second-order valence-electron chi connectivity index (χ2n) is 5.27. The van der Waals surface area contributed by atoms with Gasteiger partial charge in [-0.3, -0.25) is 9.78 Å². The lowest BCUT2D eigenvalue weighted by molar-refractivity contribution is -0.0425. The first kappa shape index (κ1) is 12.3. The van der Waals surface area contributed by atoms with Gasteiger partial charge in [-0.05, 0) is 37.6 Å². The molecular weight excluding hydrogens is 238 g/mol. The summed E-state index contributed by atoms with van der Waals surface area (Å²) in [6.45, 7) is 2.58. The molecule has 0 saturated carbocycles. The minimum Gasteiger partial charge on any atom is -0.367 e. The van der Waals surface area contributed by atoms with E-state index in [2.05, 4.69) is 4.98 Å². The molecule has 3 nitrogen and oxygen atoms in total. The van der Waals surface area contributed by atoms with Crippen LogP contribution in [0.1, 0.15) is 36.5 Å². The molecule has 1 unspecified atom stereocenters. The normalized spacial score (nSPS) is 23.4. The van der Waals surface area contributed by atoms with E-state index in [1.165, 1.54) is 0 Å². The first-order valence-electron chi connectivity index (χ1n) is 6.72. The lowest BCUT2D eigenvalue weighted by Crippen LogP contribution is -2.41. The van der Waals surface area contributed by atoms with Crippen molar-refractivity contribution in [1.82, 2.24) is 4.98 Å². The highest BCUT2D eigenvalue weighted by Crippen LogP contribution is 2.30. The van der Waals surface area contributed by atoms with Crippen LogP contribution in [0.25, 0.3) is 10.8 Å². The van der Waals surface area contributed by atoms with Gasteiger partial charge in [-0.25, -0.2) is 0 Å². The maximum Gasteiger partial charge on any atom is 0.195 e. The highest BCUT2D eigenvalue weighted by molar-refractivity contribution is 6.11. The second kappa shape index (κ2) is 4.74. The van der Waals surface area contributed by atoms with Gasteiger partial charge in [-0.2, -0.15) is 0 Å². The van der Waals surface area contributed by atoms with Crippen molar-refractivity contribution < 1.29 is 9.53 Å². The van der Waals surface area contributed by atoms with E-state index in [9.17, 15) is 4.79 Å². The Balaban J connectivity index is 2.06. The van der Waals surface area contributed by atoms with Gasteiger partial charge >= 0.3 is 0 Å². The van der Waals surface area contributed by atoms with Crippen LogP contribution in [0.4, 0.5) is 0 Å². The monoisotopic (exact) mass is 255 g/mol. The van der Waals surface area contributed by atoms with E-state index in [4.69, 9.17) is 4.74 Å². The lowest BCUT2D eigenvalue weighted by atomic mass is 9.86. The van der Waals surface area contributed by atoms with Crippen molar-refractivity contribution in [3.05, 3.63) is 42.2 Å². The number of hydrogen-bond donors (Lipinski definition) is 0. The third kappa shape index (κ3) is 2.15. The molecule has 0 N–H and O–H groups in total. The predicted octanol–water partition coefficient (Wildman–Crippen LogP) is 3.38. The van der Waals surface area contributed by atoms with Gasteiger partial charge in [0.2, 0.25) is 0 Å². The van der Waals surface area contributed by atoms with Crippen LogP contribution in [0.15, 0.2) is 36.7 Å². The quantitative estimate of drug-likeness (QED) is 0.772. The molecule has 2 heterocycles. The summed E-state index contributed by atoms with van der Waals surface area (Å²) in [4.78, 5) is 16.9. The van der Waals surface area contributed by atoms with Crippen molar-refractivity contribution in [2.24, 2.45) is 0 Å². The number of ketones is 1. The standard InChI is InChI=1S/C16H17NO2/c1-16(8-2-3-10-19-16)15(18)13-6-4-5-12-7-9-17-11-14(12)13/h4-7,9,11H,2-3,8,10H2,1H3. The number of Topliss-reactive ketones (excluding diaryl/α,β-unsaturated/α-hetero) is 1. The molecule has 3 heteroatoms. The highest BCUT2D eigenvalue weighted by atomic mass is 16.5. The van der Waals surface area contributed by atoms with Crippen LogP contribution < -0.4 is 0 Å². The van der Waals surface area contributed by atoms with E-state index >= 15 is 0 Å². The molecule has 1 aliphatic rings. The van der Waals surface area contributed by atoms with Crippen molar-refractivity contribution in [1.29, 1.82) is 0 Å². The zero-order chi connectivity index (χ0) is 13.3. The molecule has 19 heavy (non-hydrogen) atoms. The molecular formula is C16H17NO2. The van der Waals surface area contributed by atoms with Crippen molar-refractivity contribution in [2.75, 3.05) is 6.61 Å². The van der Waals surface area contributed by atoms with Crippen molar-refractivity contribution in [2.45, 2.75) is 31.8 Å². The Labute approximate surface area is 112 Å². The number of pyridine rings is 1. The van der Waals surface area contributed by atoms with Crippen molar-refractivity contribution >= 4 is 16.6 Å². The summed E-state index contributed by atoms with van der Waals surface area (Å²) in [6.07, 6.45) is 6.39. The zero-order valence-corrected chi connectivity index (χ0v) is 11.1. The predicted molar refractivity (Wildman–Crippen MR) is 74.3 cm³/mol. The van der Waals surface area contributed by atoms with Crippen molar-refractivity contribution in [3.63, 3.8) is 0 Å². The maximum atomic E-state index is 12.8. The van der Waals surface area contributed by atoms with Crippen molar-refractivity contribution in [3.8, 4) is 0 Å². The Hall–Kier alpha value is -1.74. The smallest absolute Gasteiger partial charge is 0.195 e. The van der Waals surface area contributed by atoms with Gasteiger partial charge in [-0.15, -0.1) is 0 Å². The molecule has 0 bridgehead atoms. The Morgan fingerprint density at radius 3 is 3.00 bits per heavy atom. The van der Waals surface area contributed by atoms with Gasteiger partial charge in [-0.1, -0.05) is 18.2 Å². The average Bonchev–Trinajstić information content (AvgIpc) is 2.47. The number of aromatic nitrogens is 1. The number of carbonyl (C=O) groups excluding carboxylic acids is 1. The number of hydrogen-bond acceptors (Lipinski definition) is 3. The summed E-state index contributed by atoms with van der Waals surface area (Å²) in [5, 5.41) is 1.95. The van der Waals surface area contributed by atoms with Gasteiger partial charge in [0.15, 0.2) is 5.78 Å². The molecule has 98 valence electrons. The van der Waals surface area contributed by atoms with E-state index in [1.54, 1.807) is 12.4 Å². The Bertz CT molecular complexity index is 610. The molecule has 0 amide bonds.